The molecular weight excluding hydrogens is 394 g/mol. The van der Waals surface area contributed by atoms with Crippen LogP contribution in [-0.2, 0) is 23.8 Å². The first-order valence-corrected chi connectivity index (χ1v) is 11.0. The summed E-state index contributed by atoms with van der Waals surface area (Å²) in [5, 5.41) is 14.3. The average Bonchev–Trinajstić information content (AvgIpc) is 3.16. The fourth-order valence-electron chi connectivity index (χ4n) is 3.73. The number of aliphatic hydroxyl groups excluding tert-OH is 1. The smallest absolute Gasteiger partial charge is 0.297 e. The molecule has 2 aliphatic rings. The summed E-state index contributed by atoms with van der Waals surface area (Å²) in [6.45, 7) is 4.10. The third kappa shape index (κ3) is 4.23. The lowest BCUT2D eigenvalue weighted by Crippen LogP contribution is -2.60. The molecule has 0 spiro atoms. The Kier molecular flexibility index (Phi) is 5.74. The van der Waals surface area contributed by atoms with Crippen LogP contribution in [0.25, 0.3) is 0 Å². The van der Waals surface area contributed by atoms with E-state index in [4.69, 9.17) is 13.7 Å². The number of ether oxygens (including phenoxy) is 2. The molecule has 6 atom stereocenters. The highest BCUT2D eigenvalue weighted by Gasteiger charge is 2.52. The van der Waals surface area contributed by atoms with Gasteiger partial charge in [0.15, 0.2) is 12.4 Å². The zero-order valence-corrected chi connectivity index (χ0v) is 17.1. The molecule has 2 aromatic carbocycles. The third-order valence-electron chi connectivity index (χ3n) is 5.40. The van der Waals surface area contributed by atoms with Crippen molar-refractivity contribution >= 4 is 10.1 Å². The number of nitrogens with one attached hydrogen (secondary N) is 1. The van der Waals surface area contributed by atoms with Gasteiger partial charge in [0.05, 0.1) is 17.5 Å². The molecule has 2 heterocycles. The summed E-state index contributed by atoms with van der Waals surface area (Å²) in [6.07, 6.45) is -3.60. The van der Waals surface area contributed by atoms with Crippen molar-refractivity contribution in [1.29, 1.82) is 0 Å². The largest absolute Gasteiger partial charge is 0.388 e. The van der Waals surface area contributed by atoms with E-state index in [1.54, 1.807) is 12.1 Å². The molecular formula is C21H25NO6S. The van der Waals surface area contributed by atoms with Crippen molar-refractivity contribution in [2.45, 2.75) is 55.4 Å². The Balaban J connectivity index is 1.52. The summed E-state index contributed by atoms with van der Waals surface area (Å²) >= 11 is 0. The van der Waals surface area contributed by atoms with Gasteiger partial charge in [0, 0.05) is 6.04 Å². The number of benzene rings is 2. The first-order valence-electron chi connectivity index (χ1n) is 9.61. The normalized spacial score (nSPS) is 30.2. The minimum atomic E-state index is -4.09. The van der Waals surface area contributed by atoms with E-state index in [0.29, 0.717) is 0 Å². The van der Waals surface area contributed by atoms with E-state index in [0.717, 1.165) is 11.1 Å². The van der Waals surface area contributed by atoms with Gasteiger partial charge < -0.3 is 19.9 Å². The van der Waals surface area contributed by atoms with Crippen LogP contribution in [0.5, 0.6) is 0 Å². The van der Waals surface area contributed by atoms with Crippen molar-refractivity contribution in [3.63, 3.8) is 0 Å². The van der Waals surface area contributed by atoms with E-state index in [-0.39, 0.29) is 23.6 Å². The molecule has 2 bridgehead atoms. The fraction of sp³-hybridized carbons (Fsp3) is 0.429. The Morgan fingerprint density at radius 2 is 1.83 bits per heavy atom. The predicted octanol–water partition coefficient (Wildman–Crippen LogP) is 1.90. The van der Waals surface area contributed by atoms with Gasteiger partial charge in [-0.05, 0) is 31.5 Å². The standard InChI is InChI=1S/C21H25NO6S/c1-13-8-10-16(11-9-13)29(24,25)28-20-19(23)18(17-12-26-21(20)27-17)22-14(2)15-6-4-3-5-7-15/h3-11,14,17-23H,12H2,1-2H3/t14-,17-,18-,19+,20-,21-/m1/s1. The lowest BCUT2D eigenvalue weighted by Gasteiger charge is -2.39. The number of aryl methyl sites for hydroxylation is 1. The van der Waals surface area contributed by atoms with Crippen LogP contribution in [0.3, 0.4) is 0 Å². The van der Waals surface area contributed by atoms with Crippen molar-refractivity contribution in [1.82, 2.24) is 5.32 Å². The monoisotopic (exact) mass is 419 g/mol. The van der Waals surface area contributed by atoms with E-state index in [1.165, 1.54) is 12.1 Å². The van der Waals surface area contributed by atoms with Crippen molar-refractivity contribution in [2.75, 3.05) is 6.61 Å². The second-order valence-corrected chi connectivity index (χ2v) is 9.09. The molecule has 2 N–H and O–H groups in total. The van der Waals surface area contributed by atoms with Crippen LogP contribution >= 0.6 is 0 Å². The maximum absolute atomic E-state index is 12.7. The van der Waals surface area contributed by atoms with Gasteiger partial charge in [0.25, 0.3) is 10.1 Å². The van der Waals surface area contributed by atoms with Gasteiger partial charge in [0.2, 0.25) is 0 Å². The number of fused-ring (bicyclic) bond motifs is 2. The van der Waals surface area contributed by atoms with E-state index in [1.807, 2.05) is 44.2 Å². The number of aliphatic hydroxyl groups is 1. The van der Waals surface area contributed by atoms with Crippen LogP contribution < -0.4 is 5.32 Å². The van der Waals surface area contributed by atoms with E-state index < -0.39 is 34.7 Å². The highest BCUT2D eigenvalue weighted by Crippen LogP contribution is 2.33. The second-order valence-electron chi connectivity index (χ2n) is 7.52. The zero-order valence-electron chi connectivity index (χ0n) is 16.3. The minimum Gasteiger partial charge on any atom is -0.388 e. The summed E-state index contributed by atoms with van der Waals surface area (Å²) in [5.74, 6) is 0. The van der Waals surface area contributed by atoms with Crippen LogP contribution in [0, 0.1) is 6.92 Å². The fourth-order valence-corrected chi connectivity index (χ4v) is 4.81. The van der Waals surface area contributed by atoms with Crippen molar-refractivity contribution in [3.8, 4) is 0 Å². The predicted molar refractivity (Wildman–Crippen MR) is 106 cm³/mol. The highest BCUT2D eigenvalue weighted by atomic mass is 32.2. The summed E-state index contributed by atoms with van der Waals surface area (Å²) in [4.78, 5) is 0.0255. The molecule has 0 amide bonds. The Morgan fingerprint density at radius 1 is 1.14 bits per heavy atom. The van der Waals surface area contributed by atoms with Gasteiger partial charge >= 0.3 is 0 Å². The summed E-state index contributed by atoms with van der Waals surface area (Å²) in [5.41, 5.74) is 1.98. The van der Waals surface area contributed by atoms with E-state index >= 15 is 0 Å². The molecule has 156 valence electrons. The highest BCUT2D eigenvalue weighted by molar-refractivity contribution is 7.86. The third-order valence-corrected chi connectivity index (χ3v) is 6.72. The van der Waals surface area contributed by atoms with E-state index in [9.17, 15) is 13.5 Å². The average molecular weight is 419 g/mol. The van der Waals surface area contributed by atoms with Crippen molar-refractivity contribution < 1.29 is 27.2 Å². The lowest BCUT2D eigenvalue weighted by molar-refractivity contribution is -0.193. The summed E-state index contributed by atoms with van der Waals surface area (Å²) in [6, 6.07) is 15.5. The van der Waals surface area contributed by atoms with Crippen LogP contribution in [0.15, 0.2) is 59.5 Å². The Bertz CT molecular complexity index is 933. The van der Waals surface area contributed by atoms with Gasteiger partial charge in [-0.25, -0.2) is 0 Å². The maximum atomic E-state index is 12.7. The van der Waals surface area contributed by atoms with Crippen LogP contribution in [-0.4, -0.2) is 50.8 Å². The molecule has 2 aromatic rings. The van der Waals surface area contributed by atoms with Gasteiger partial charge in [0.1, 0.15) is 12.2 Å². The molecule has 2 aliphatic heterocycles. The number of rotatable bonds is 6. The zero-order chi connectivity index (χ0) is 20.6. The van der Waals surface area contributed by atoms with Crippen LogP contribution in [0.2, 0.25) is 0 Å². The van der Waals surface area contributed by atoms with E-state index in [2.05, 4.69) is 5.32 Å². The van der Waals surface area contributed by atoms with Crippen molar-refractivity contribution in [3.05, 3.63) is 65.7 Å². The van der Waals surface area contributed by atoms with Gasteiger partial charge in [-0.1, -0.05) is 48.0 Å². The Hall–Kier alpha value is -1.81. The topological polar surface area (TPSA) is 94.1 Å². The quantitative estimate of drug-likeness (QED) is 0.691. The minimum absolute atomic E-state index is 0.0255. The van der Waals surface area contributed by atoms with Crippen LogP contribution in [0.4, 0.5) is 0 Å². The molecule has 0 aromatic heterocycles. The second kappa shape index (κ2) is 8.14. The molecule has 2 saturated heterocycles. The Morgan fingerprint density at radius 3 is 2.52 bits per heavy atom. The molecule has 29 heavy (non-hydrogen) atoms. The summed E-state index contributed by atoms with van der Waals surface area (Å²) < 4.78 is 42.2. The number of hydrogen-bond acceptors (Lipinski definition) is 7. The van der Waals surface area contributed by atoms with Gasteiger partial charge in [-0.3, -0.25) is 4.18 Å². The van der Waals surface area contributed by atoms with Gasteiger partial charge in [-0.15, -0.1) is 0 Å². The maximum Gasteiger partial charge on any atom is 0.297 e. The lowest BCUT2D eigenvalue weighted by atomic mass is 9.96. The summed E-state index contributed by atoms with van der Waals surface area (Å²) in [7, 11) is -4.09. The molecule has 8 heteroatoms. The van der Waals surface area contributed by atoms with Crippen molar-refractivity contribution in [2.24, 2.45) is 0 Å². The first kappa shape index (κ1) is 20.5. The van der Waals surface area contributed by atoms with Gasteiger partial charge in [-0.2, -0.15) is 8.42 Å². The molecule has 4 rings (SSSR count). The molecule has 0 aliphatic carbocycles. The molecule has 0 radical (unpaired) electrons. The van der Waals surface area contributed by atoms with Crippen LogP contribution in [0.1, 0.15) is 24.1 Å². The number of hydrogen-bond donors (Lipinski definition) is 2. The molecule has 0 unspecified atom stereocenters. The first-order chi connectivity index (χ1) is 13.8. The molecule has 2 fully saturated rings. The SMILES string of the molecule is Cc1ccc(S(=O)(=O)O[C@H]2[C@@H]3OC[C@@H](O3)[C@@H](N[C@H](C)c3ccccc3)[C@@H]2O)cc1. The molecule has 7 nitrogen and oxygen atoms in total. The molecule has 0 saturated carbocycles. The Labute approximate surface area is 170 Å².